The van der Waals surface area contributed by atoms with Gasteiger partial charge in [-0.1, -0.05) is 5.16 Å². The van der Waals surface area contributed by atoms with E-state index in [0.717, 1.165) is 0 Å². The van der Waals surface area contributed by atoms with E-state index in [0.29, 0.717) is 36.6 Å². The van der Waals surface area contributed by atoms with Gasteiger partial charge in [-0.25, -0.2) is 0 Å². The van der Waals surface area contributed by atoms with E-state index < -0.39 is 0 Å². The fraction of sp³-hybridized carbons (Fsp3) is 0.500. The van der Waals surface area contributed by atoms with Crippen molar-refractivity contribution in [3.63, 3.8) is 0 Å². The van der Waals surface area contributed by atoms with Gasteiger partial charge in [0, 0.05) is 27.1 Å². The van der Waals surface area contributed by atoms with Gasteiger partial charge in [0.15, 0.2) is 5.82 Å². The SMILES string of the molecule is Cc1noc(CCNc2nc(Cl)nc(N(C)C)n2)n1. The Morgan fingerprint density at radius 1 is 1.21 bits per heavy atom. The largest absolute Gasteiger partial charge is 0.354 e. The van der Waals surface area contributed by atoms with Gasteiger partial charge in [-0.15, -0.1) is 0 Å². The highest BCUT2D eigenvalue weighted by molar-refractivity contribution is 6.28. The van der Waals surface area contributed by atoms with Gasteiger partial charge < -0.3 is 14.7 Å². The number of anilines is 2. The molecule has 0 saturated heterocycles. The van der Waals surface area contributed by atoms with E-state index in [1.807, 2.05) is 14.1 Å². The third-order valence-corrected chi connectivity index (χ3v) is 2.36. The molecule has 0 fully saturated rings. The Kier molecular flexibility index (Phi) is 4.10. The van der Waals surface area contributed by atoms with Gasteiger partial charge in [-0.3, -0.25) is 0 Å². The lowest BCUT2D eigenvalue weighted by atomic mass is 10.4. The summed E-state index contributed by atoms with van der Waals surface area (Å²) in [5.74, 6) is 2.10. The van der Waals surface area contributed by atoms with Crippen LogP contribution in [0.15, 0.2) is 4.52 Å². The number of aryl methyl sites for hydroxylation is 1. The van der Waals surface area contributed by atoms with Crippen LogP contribution < -0.4 is 10.2 Å². The van der Waals surface area contributed by atoms with Crippen LogP contribution in [-0.4, -0.2) is 45.7 Å². The molecule has 2 aromatic rings. The standard InChI is InChI=1S/C10H14ClN7O/c1-6-13-7(19-17-6)4-5-12-9-14-8(11)15-10(16-9)18(2)3/h4-5H2,1-3H3,(H,12,14,15,16). The van der Waals surface area contributed by atoms with Crippen LogP contribution in [0.4, 0.5) is 11.9 Å². The molecule has 0 spiro atoms. The third-order valence-electron chi connectivity index (χ3n) is 2.19. The summed E-state index contributed by atoms with van der Waals surface area (Å²) in [6.45, 7) is 2.34. The molecule has 2 heterocycles. The van der Waals surface area contributed by atoms with Crippen LogP contribution in [0.2, 0.25) is 5.28 Å². The van der Waals surface area contributed by atoms with Crippen molar-refractivity contribution >= 4 is 23.5 Å². The predicted molar refractivity (Wildman–Crippen MR) is 70.4 cm³/mol. The quantitative estimate of drug-likeness (QED) is 0.866. The van der Waals surface area contributed by atoms with Crippen LogP contribution in [0.5, 0.6) is 0 Å². The minimum Gasteiger partial charge on any atom is -0.354 e. The predicted octanol–water partition coefficient (Wildman–Crippen LogP) is 0.937. The molecule has 0 bridgehead atoms. The fourth-order valence-electron chi connectivity index (χ4n) is 1.34. The van der Waals surface area contributed by atoms with Crippen LogP contribution in [-0.2, 0) is 6.42 Å². The molecule has 0 aliphatic carbocycles. The number of halogens is 1. The highest BCUT2D eigenvalue weighted by Crippen LogP contribution is 2.11. The van der Waals surface area contributed by atoms with Crippen molar-refractivity contribution in [1.82, 2.24) is 25.1 Å². The number of nitrogens with one attached hydrogen (secondary N) is 1. The van der Waals surface area contributed by atoms with Crippen molar-refractivity contribution in [3.05, 3.63) is 17.0 Å². The average Bonchev–Trinajstić information content (AvgIpc) is 2.74. The minimum absolute atomic E-state index is 0.148. The Balaban J connectivity index is 1.95. The topological polar surface area (TPSA) is 92.9 Å². The van der Waals surface area contributed by atoms with E-state index >= 15 is 0 Å². The molecule has 1 N–H and O–H groups in total. The second-order valence-electron chi connectivity index (χ2n) is 4.03. The zero-order chi connectivity index (χ0) is 13.8. The van der Waals surface area contributed by atoms with Crippen LogP contribution >= 0.6 is 11.6 Å². The van der Waals surface area contributed by atoms with Crippen molar-refractivity contribution in [2.75, 3.05) is 30.9 Å². The zero-order valence-corrected chi connectivity index (χ0v) is 11.6. The molecule has 8 nitrogen and oxygen atoms in total. The van der Waals surface area contributed by atoms with E-state index in [-0.39, 0.29) is 5.28 Å². The molecule has 0 amide bonds. The van der Waals surface area contributed by atoms with E-state index in [9.17, 15) is 0 Å². The van der Waals surface area contributed by atoms with Crippen molar-refractivity contribution in [2.24, 2.45) is 0 Å². The van der Waals surface area contributed by atoms with Gasteiger partial charge in [0.2, 0.25) is 23.1 Å². The summed E-state index contributed by atoms with van der Waals surface area (Å²) in [7, 11) is 3.66. The van der Waals surface area contributed by atoms with Crippen LogP contribution in [0.25, 0.3) is 0 Å². The molecule has 0 saturated carbocycles. The molecule has 19 heavy (non-hydrogen) atoms. The van der Waals surface area contributed by atoms with Crippen molar-refractivity contribution in [3.8, 4) is 0 Å². The van der Waals surface area contributed by atoms with E-state index in [1.54, 1.807) is 11.8 Å². The first-order valence-corrected chi connectivity index (χ1v) is 6.04. The smallest absolute Gasteiger partial charge is 0.230 e. The van der Waals surface area contributed by atoms with Crippen molar-refractivity contribution < 1.29 is 4.52 Å². The number of nitrogens with zero attached hydrogens (tertiary/aromatic N) is 6. The van der Waals surface area contributed by atoms with Crippen molar-refractivity contribution in [2.45, 2.75) is 13.3 Å². The normalized spacial score (nSPS) is 10.5. The fourth-order valence-corrected chi connectivity index (χ4v) is 1.50. The van der Waals surface area contributed by atoms with Crippen molar-refractivity contribution in [1.29, 1.82) is 0 Å². The van der Waals surface area contributed by atoms with E-state index in [2.05, 4.69) is 30.4 Å². The first-order chi connectivity index (χ1) is 9.04. The summed E-state index contributed by atoms with van der Waals surface area (Å²) in [4.78, 5) is 18.0. The molecular formula is C10H14ClN7O. The lowest BCUT2D eigenvalue weighted by molar-refractivity contribution is 0.377. The van der Waals surface area contributed by atoms with Crippen LogP contribution in [0.3, 0.4) is 0 Å². The molecule has 0 aliphatic rings. The number of hydrogen-bond acceptors (Lipinski definition) is 8. The van der Waals surface area contributed by atoms with Gasteiger partial charge in [-0.05, 0) is 18.5 Å². The molecule has 2 rings (SSSR count). The molecule has 0 aromatic carbocycles. The molecule has 2 aromatic heterocycles. The molecule has 0 unspecified atom stereocenters. The lowest BCUT2D eigenvalue weighted by Gasteiger charge is -2.11. The number of hydrogen-bond donors (Lipinski definition) is 1. The number of aromatic nitrogens is 5. The highest BCUT2D eigenvalue weighted by Gasteiger charge is 2.07. The maximum atomic E-state index is 5.82. The molecule has 9 heteroatoms. The van der Waals surface area contributed by atoms with Gasteiger partial charge in [0.25, 0.3) is 0 Å². The summed E-state index contributed by atoms with van der Waals surface area (Å²) in [6, 6.07) is 0. The first kappa shape index (κ1) is 13.5. The van der Waals surface area contributed by atoms with Gasteiger partial charge in [-0.2, -0.15) is 19.9 Å². The zero-order valence-electron chi connectivity index (χ0n) is 10.9. The van der Waals surface area contributed by atoms with E-state index in [4.69, 9.17) is 16.1 Å². The molecule has 0 radical (unpaired) electrons. The van der Waals surface area contributed by atoms with Gasteiger partial charge in [0.05, 0.1) is 0 Å². The molecule has 0 atom stereocenters. The number of rotatable bonds is 5. The maximum absolute atomic E-state index is 5.82. The van der Waals surface area contributed by atoms with E-state index in [1.165, 1.54) is 0 Å². The molecule has 0 aliphatic heterocycles. The maximum Gasteiger partial charge on any atom is 0.230 e. The van der Waals surface area contributed by atoms with Crippen LogP contribution in [0.1, 0.15) is 11.7 Å². The monoisotopic (exact) mass is 283 g/mol. The highest BCUT2D eigenvalue weighted by atomic mass is 35.5. The summed E-state index contributed by atoms with van der Waals surface area (Å²) >= 11 is 5.82. The second-order valence-corrected chi connectivity index (χ2v) is 4.37. The van der Waals surface area contributed by atoms with Gasteiger partial charge >= 0.3 is 0 Å². The Hall–Kier alpha value is -1.96. The third kappa shape index (κ3) is 3.75. The Morgan fingerprint density at radius 3 is 2.63 bits per heavy atom. The second kappa shape index (κ2) is 5.79. The average molecular weight is 284 g/mol. The van der Waals surface area contributed by atoms with Gasteiger partial charge in [0.1, 0.15) is 0 Å². The molecule has 102 valence electrons. The lowest BCUT2D eigenvalue weighted by Crippen LogP contribution is -2.16. The summed E-state index contributed by atoms with van der Waals surface area (Å²) in [5.41, 5.74) is 0. The summed E-state index contributed by atoms with van der Waals surface area (Å²) in [6.07, 6.45) is 0.585. The summed E-state index contributed by atoms with van der Waals surface area (Å²) < 4.78 is 5.00. The minimum atomic E-state index is 0.148. The Morgan fingerprint density at radius 2 is 2.00 bits per heavy atom. The Bertz CT molecular complexity index is 557. The Labute approximate surface area is 115 Å². The first-order valence-electron chi connectivity index (χ1n) is 5.66. The van der Waals surface area contributed by atoms with Crippen LogP contribution in [0, 0.1) is 6.92 Å². The molecular weight excluding hydrogens is 270 g/mol. The summed E-state index contributed by atoms with van der Waals surface area (Å²) in [5, 5.41) is 6.90.